The zero-order chi connectivity index (χ0) is 15.4. The first kappa shape index (κ1) is 15.1. The van der Waals surface area contributed by atoms with E-state index in [2.05, 4.69) is 5.32 Å². The van der Waals surface area contributed by atoms with Gasteiger partial charge < -0.3 is 20.6 Å². The van der Waals surface area contributed by atoms with Crippen LogP contribution in [-0.2, 0) is 16.1 Å². The molecule has 2 unspecified atom stereocenters. The van der Waals surface area contributed by atoms with Crippen LogP contribution in [0.25, 0.3) is 0 Å². The molecule has 114 valence electrons. The number of hydrogen-bond donors (Lipinski definition) is 3. The van der Waals surface area contributed by atoms with Crippen molar-refractivity contribution in [3.8, 4) is 0 Å². The molecule has 1 heterocycles. The number of primary amides is 1. The van der Waals surface area contributed by atoms with E-state index in [0.29, 0.717) is 25.0 Å². The molecule has 1 aromatic heterocycles. The number of furan rings is 1. The Morgan fingerprint density at radius 1 is 1.29 bits per heavy atom. The molecule has 2 atom stereocenters. The van der Waals surface area contributed by atoms with Crippen LogP contribution in [0.2, 0.25) is 0 Å². The zero-order valence-corrected chi connectivity index (χ0v) is 11.5. The molecule has 7 heteroatoms. The number of nitrogens with two attached hydrogens (primary N) is 1. The zero-order valence-electron chi connectivity index (χ0n) is 11.5. The Morgan fingerprint density at radius 2 is 2.00 bits per heavy atom. The lowest BCUT2D eigenvalue weighted by Gasteiger charge is -2.25. The molecular formula is C14H18N2O5. The smallest absolute Gasteiger partial charge is 0.306 e. The Bertz CT molecular complexity index is 551. The molecule has 2 rings (SSSR count). The van der Waals surface area contributed by atoms with E-state index in [1.807, 2.05) is 0 Å². The van der Waals surface area contributed by atoms with Gasteiger partial charge in [-0.25, -0.2) is 0 Å². The minimum Gasteiger partial charge on any atom is -0.481 e. The topological polar surface area (TPSA) is 123 Å². The average molecular weight is 294 g/mol. The summed E-state index contributed by atoms with van der Waals surface area (Å²) in [7, 11) is 0. The molecule has 0 saturated heterocycles. The maximum absolute atomic E-state index is 12.0. The van der Waals surface area contributed by atoms with Crippen LogP contribution >= 0.6 is 0 Å². The molecule has 4 N–H and O–H groups in total. The first-order chi connectivity index (χ1) is 9.97. The number of aliphatic carboxylic acids is 1. The fourth-order valence-electron chi connectivity index (χ4n) is 2.58. The first-order valence-electron chi connectivity index (χ1n) is 6.86. The first-order valence-corrected chi connectivity index (χ1v) is 6.86. The van der Waals surface area contributed by atoms with Crippen LogP contribution in [0.3, 0.4) is 0 Å². The third-order valence-corrected chi connectivity index (χ3v) is 3.74. The molecule has 21 heavy (non-hydrogen) atoms. The summed E-state index contributed by atoms with van der Waals surface area (Å²) in [6.07, 6.45) is 2.42. The maximum Gasteiger partial charge on any atom is 0.306 e. The SMILES string of the molecule is NC(=O)c1ccc(CNC(=O)C2CCCC(C(=O)O)C2)o1. The lowest BCUT2D eigenvalue weighted by Crippen LogP contribution is -2.35. The molecule has 1 saturated carbocycles. The molecular weight excluding hydrogens is 276 g/mol. The molecule has 0 aromatic carbocycles. The van der Waals surface area contributed by atoms with Gasteiger partial charge >= 0.3 is 5.97 Å². The third kappa shape index (κ3) is 3.84. The van der Waals surface area contributed by atoms with Crippen LogP contribution in [-0.4, -0.2) is 22.9 Å². The summed E-state index contributed by atoms with van der Waals surface area (Å²) in [4.78, 5) is 33.9. The van der Waals surface area contributed by atoms with E-state index < -0.39 is 17.8 Å². The lowest BCUT2D eigenvalue weighted by atomic mass is 9.81. The highest BCUT2D eigenvalue weighted by Crippen LogP contribution is 2.29. The van der Waals surface area contributed by atoms with E-state index in [-0.39, 0.29) is 24.1 Å². The van der Waals surface area contributed by atoms with Gasteiger partial charge in [-0.3, -0.25) is 14.4 Å². The summed E-state index contributed by atoms with van der Waals surface area (Å²) in [6.45, 7) is 0.153. The summed E-state index contributed by atoms with van der Waals surface area (Å²) in [5, 5.41) is 11.7. The van der Waals surface area contributed by atoms with Crippen LogP contribution in [0, 0.1) is 11.8 Å². The van der Waals surface area contributed by atoms with Gasteiger partial charge in [0.05, 0.1) is 12.5 Å². The van der Waals surface area contributed by atoms with Gasteiger partial charge in [-0.1, -0.05) is 6.42 Å². The Balaban J connectivity index is 1.86. The van der Waals surface area contributed by atoms with Crippen molar-refractivity contribution in [2.75, 3.05) is 0 Å². The summed E-state index contributed by atoms with van der Waals surface area (Å²) >= 11 is 0. The number of carboxylic acids is 1. The second-order valence-electron chi connectivity index (χ2n) is 5.25. The molecule has 0 spiro atoms. The van der Waals surface area contributed by atoms with Gasteiger partial charge in [0, 0.05) is 5.92 Å². The van der Waals surface area contributed by atoms with Crippen LogP contribution in [0.15, 0.2) is 16.5 Å². The Labute approximate surface area is 121 Å². The van der Waals surface area contributed by atoms with E-state index in [4.69, 9.17) is 15.3 Å². The predicted octanol–water partition coefficient (Wildman–Crippen LogP) is 0.886. The van der Waals surface area contributed by atoms with Gasteiger partial charge in [-0.15, -0.1) is 0 Å². The molecule has 1 fully saturated rings. The van der Waals surface area contributed by atoms with E-state index >= 15 is 0 Å². The highest BCUT2D eigenvalue weighted by molar-refractivity contribution is 5.89. The molecule has 2 amide bonds. The number of hydrogen-bond acceptors (Lipinski definition) is 4. The summed E-state index contributed by atoms with van der Waals surface area (Å²) in [6, 6.07) is 3.02. The van der Waals surface area contributed by atoms with Crippen molar-refractivity contribution in [3.63, 3.8) is 0 Å². The van der Waals surface area contributed by atoms with Crippen molar-refractivity contribution in [1.82, 2.24) is 5.32 Å². The van der Waals surface area contributed by atoms with Crippen molar-refractivity contribution < 1.29 is 23.9 Å². The van der Waals surface area contributed by atoms with E-state index in [9.17, 15) is 14.4 Å². The number of carbonyl (C=O) groups is 3. The maximum atomic E-state index is 12.0. The normalized spacial score (nSPS) is 21.7. The Hall–Kier alpha value is -2.31. The monoisotopic (exact) mass is 294 g/mol. The Kier molecular flexibility index (Phi) is 4.62. The van der Waals surface area contributed by atoms with Crippen molar-refractivity contribution in [2.45, 2.75) is 32.2 Å². The van der Waals surface area contributed by atoms with E-state index in [1.54, 1.807) is 6.07 Å². The van der Waals surface area contributed by atoms with Crippen LogP contribution in [0.4, 0.5) is 0 Å². The van der Waals surface area contributed by atoms with Crippen LogP contribution in [0.5, 0.6) is 0 Å². The van der Waals surface area contributed by atoms with Gasteiger partial charge in [0.25, 0.3) is 5.91 Å². The molecule has 1 aliphatic carbocycles. The minimum absolute atomic E-state index is 0.0443. The predicted molar refractivity (Wildman–Crippen MR) is 72.2 cm³/mol. The molecule has 0 bridgehead atoms. The second kappa shape index (κ2) is 6.43. The standard InChI is InChI=1S/C14H18N2O5/c15-12(17)11-5-4-10(21-11)7-16-13(18)8-2-1-3-9(6-8)14(19)20/h4-5,8-9H,1-3,6-7H2,(H2,15,17)(H,16,18)(H,19,20). The molecule has 1 aliphatic rings. The van der Waals surface area contributed by atoms with Crippen LogP contribution < -0.4 is 11.1 Å². The number of carboxylic acid groups (broad SMARTS) is 1. The van der Waals surface area contributed by atoms with E-state index in [0.717, 1.165) is 6.42 Å². The largest absolute Gasteiger partial charge is 0.481 e. The molecule has 1 aromatic rings. The third-order valence-electron chi connectivity index (χ3n) is 3.74. The van der Waals surface area contributed by atoms with Gasteiger partial charge in [-0.2, -0.15) is 0 Å². The number of nitrogens with one attached hydrogen (secondary N) is 1. The molecule has 7 nitrogen and oxygen atoms in total. The quantitative estimate of drug-likeness (QED) is 0.744. The average Bonchev–Trinajstić information content (AvgIpc) is 2.94. The van der Waals surface area contributed by atoms with Gasteiger partial charge in [-0.05, 0) is 31.4 Å². The fourth-order valence-corrected chi connectivity index (χ4v) is 2.58. The van der Waals surface area contributed by atoms with Crippen molar-refractivity contribution >= 4 is 17.8 Å². The number of carbonyl (C=O) groups excluding carboxylic acids is 2. The summed E-state index contributed by atoms with van der Waals surface area (Å²) < 4.78 is 5.16. The second-order valence-corrected chi connectivity index (χ2v) is 5.25. The van der Waals surface area contributed by atoms with Gasteiger partial charge in [0.2, 0.25) is 5.91 Å². The Morgan fingerprint density at radius 3 is 2.62 bits per heavy atom. The van der Waals surface area contributed by atoms with Crippen molar-refractivity contribution in [3.05, 3.63) is 23.7 Å². The minimum atomic E-state index is -0.843. The fraction of sp³-hybridized carbons (Fsp3) is 0.500. The highest BCUT2D eigenvalue weighted by atomic mass is 16.4. The van der Waals surface area contributed by atoms with Gasteiger partial charge in [0.1, 0.15) is 5.76 Å². The summed E-state index contributed by atoms with van der Waals surface area (Å²) in [5.74, 6) is -1.94. The number of amides is 2. The van der Waals surface area contributed by atoms with E-state index in [1.165, 1.54) is 6.07 Å². The van der Waals surface area contributed by atoms with Crippen molar-refractivity contribution in [1.29, 1.82) is 0 Å². The molecule has 0 radical (unpaired) electrons. The number of rotatable bonds is 5. The van der Waals surface area contributed by atoms with Crippen molar-refractivity contribution in [2.24, 2.45) is 17.6 Å². The van der Waals surface area contributed by atoms with Gasteiger partial charge in [0.15, 0.2) is 5.76 Å². The lowest BCUT2D eigenvalue weighted by molar-refractivity contribution is -0.144. The highest BCUT2D eigenvalue weighted by Gasteiger charge is 2.30. The summed E-state index contributed by atoms with van der Waals surface area (Å²) in [5.41, 5.74) is 5.07. The van der Waals surface area contributed by atoms with Crippen LogP contribution in [0.1, 0.15) is 42.0 Å². The molecule has 0 aliphatic heterocycles.